The summed E-state index contributed by atoms with van der Waals surface area (Å²) < 4.78 is 5.66. The molecule has 2 rings (SSSR count). The van der Waals surface area contributed by atoms with Crippen LogP contribution < -0.4 is 4.74 Å². The Hall–Kier alpha value is -1.54. The SMILES string of the molecule is ClCc1cccc(Oc2ccccc2)c1.F. The molecule has 0 fully saturated rings. The first-order valence-electron chi connectivity index (χ1n) is 4.76. The molecule has 0 spiro atoms. The molecule has 0 unspecified atom stereocenters. The smallest absolute Gasteiger partial charge is 0.127 e. The van der Waals surface area contributed by atoms with E-state index in [9.17, 15) is 0 Å². The third-order valence-electron chi connectivity index (χ3n) is 2.03. The zero-order valence-corrected chi connectivity index (χ0v) is 9.35. The maximum Gasteiger partial charge on any atom is 0.127 e. The van der Waals surface area contributed by atoms with Gasteiger partial charge in [-0.05, 0) is 29.8 Å². The number of ether oxygens (including phenoxy) is 1. The van der Waals surface area contributed by atoms with Crippen LogP contribution >= 0.6 is 11.6 Å². The predicted octanol–water partition coefficient (Wildman–Crippen LogP) is 4.37. The van der Waals surface area contributed by atoms with Crippen molar-refractivity contribution in [2.45, 2.75) is 5.88 Å². The molecule has 0 N–H and O–H groups in total. The van der Waals surface area contributed by atoms with Crippen molar-refractivity contribution in [3.63, 3.8) is 0 Å². The number of hydrogen-bond acceptors (Lipinski definition) is 1. The molecule has 2 aromatic rings. The van der Waals surface area contributed by atoms with Gasteiger partial charge in [0.1, 0.15) is 11.5 Å². The first-order chi connectivity index (χ1) is 7.38. The van der Waals surface area contributed by atoms with E-state index in [1.54, 1.807) is 0 Å². The molecule has 0 radical (unpaired) electrons. The predicted molar refractivity (Wildman–Crippen MR) is 65.0 cm³/mol. The van der Waals surface area contributed by atoms with Gasteiger partial charge < -0.3 is 4.74 Å². The molecule has 1 nitrogen and oxygen atoms in total. The second kappa shape index (κ2) is 6.13. The van der Waals surface area contributed by atoms with Crippen LogP contribution in [0.25, 0.3) is 0 Å². The molecule has 0 bridgehead atoms. The molecular formula is C13H12ClFO. The fraction of sp³-hybridized carbons (Fsp3) is 0.0769. The highest BCUT2D eigenvalue weighted by molar-refractivity contribution is 6.17. The molecule has 0 heterocycles. The molecule has 0 saturated heterocycles. The summed E-state index contributed by atoms with van der Waals surface area (Å²) in [5, 5.41) is 0. The van der Waals surface area contributed by atoms with E-state index in [0.29, 0.717) is 5.88 Å². The van der Waals surface area contributed by atoms with Gasteiger partial charge in [0.2, 0.25) is 0 Å². The van der Waals surface area contributed by atoms with Crippen LogP contribution in [0, 0.1) is 0 Å². The Balaban J connectivity index is 0.00000128. The van der Waals surface area contributed by atoms with Gasteiger partial charge in [-0.15, -0.1) is 11.6 Å². The van der Waals surface area contributed by atoms with Crippen molar-refractivity contribution in [2.75, 3.05) is 0 Å². The molecule has 16 heavy (non-hydrogen) atoms. The highest BCUT2D eigenvalue weighted by Gasteiger charge is 1.97. The van der Waals surface area contributed by atoms with E-state index in [-0.39, 0.29) is 4.70 Å². The van der Waals surface area contributed by atoms with Crippen molar-refractivity contribution >= 4 is 11.6 Å². The quantitative estimate of drug-likeness (QED) is 0.722. The summed E-state index contributed by atoms with van der Waals surface area (Å²) in [6.07, 6.45) is 0. The topological polar surface area (TPSA) is 9.23 Å². The molecule has 0 saturated carbocycles. The van der Waals surface area contributed by atoms with Crippen LogP contribution in [0.1, 0.15) is 5.56 Å². The third kappa shape index (κ3) is 3.24. The van der Waals surface area contributed by atoms with Gasteiger partial charge >= 0.3 is 0 Å². The standard InChI is InChI=1S/C13H11ClO.FH/c14-10-11-5-4-8-13(9-11)15-12-6-2-1-3-7-12;/h1-9H,10H2;1H. The molecule has 0 aliphatic heterocycles. The van der Waals surface area contributed by atoms with E-state index in [1.807, 2.05) is 54.6 Å². The van der Waals surface area contributed by atoms with Gasteiger partial charge in [-0.1, -0.05) is 30.3 Å². The molecule has 2 aromatic carbocycles. The lowest BCUT2D eigenvalue weighted by Crippen LogP contribution is -1.85. The first kappa shape index (κ1) is 12.5. The highest BCUT2D eigenvalue weighted by Crippen LogP contribution is 2.22. The zero-order valence-electron chi connectivity index (χ0n) is 8.60. The largest absolute Gasteiger partial charge is 0.457 e. The zero-order chi connectivity index (χ0) is 10.5. The minimum atomic E-state index is 0. The molecule has 0 aliphatic carbocycles. The van der Waals surface area contributed by atoms with Crippen molar-refractivity contribution in [1.29, 1.82) is 0 Å². The number of rotatable bonds is 3. The average molecular weight is 239 g/mol. The first-order valence-corrected chi connectivity index (χ1v) is 5.30. The van der Waals surface area contributed by atoms with Crippen LogP contribution in [-0.4, -0.2) is 0 Å². The molecule has 0 aliphatic rings. The number of alkyl halides is 1. The van der Waals surface area contributed by atoms with Gasteiger partial charge in [-0.25, -0.2) is 0 Å². The number of hydrogen-bond donors (Lipinski definition) is 0. The lowest BCUT2D eigenvalue weighted by Gasteiger charge is -2.05. The minimum absolute atomic E-state index is 0. The Labute approximate surface area is 99.0 Å². The average Bonchev–Trinajstić information content (AvgIpc) is 2.31. The number of halogens is 2. The normalized spacial score (nSPS) is 9.31. The van der Waals surface area contributed by atoms with Crippen LogP contribution in [0.5, 0.6) is 11.5 Å². The summed E-state index contributed by atoms with van der Waals surface area (Å²) in [6.45, 7) is 0. The van der Waals surface area contributed by atoms with Gasteiger partial charge in [-0.3, -0.25) is 4.70 Å². The van der Waals surface area contributed by atoms with Gasteiger partial charge in [-0.2, -0.15) is 0 Å². The second-order valence-electron chi connectivity index (χ2n) is 3.20. The van der Waals surface area contributed by atoms with Crippen LogP contribution in [-0.2, 0) is 5.88 Å². The maximum atomic E-state index is 5.75. The van der Waals surface area contributed by atoms with Crippen molar-refractivity contribution in [3.8, 4) is 11.5 Å². The van der Waals surface area contributed by atoms with Crippen LogP contribution in [0.2, 0.25) is 0 Å². The molecule has 0 amide bonds. The summed E-state index contributed by atoms with van der Waals surface area (Å²) in [5.74, 6) is 2.16. The lowest BCUT2D eigenvalue weighted by atomic mass is 10.2. The van der Waals surface area contributed by atoms with Crippen LogP contribution in [0.15, 0.2) is 54.6 Å². The molecule has 0 aromatic heterocycles. The monoisotopic (exact) mass is 238 g/mol. The van der Waals surface area contributed by atoms with E-state index < -0.39 is 0 Å². The molecule has 0 atom stereocenters. The summed E-state index contributed by atoms with van der Waals surface area (Å²) >= 11 is 5.75. The van der Waals surface area contributed by atoms with Gasteiger partial charge in [0.05, 0.1) is 0 Å². The minimum Gasteiger partial charge on any atom is -0.457 e. The van der Waals surface area contributed by atoms with E-state index in [1.165, 1.54) is 0 Å². The van der Waals surface area contributed by atoms with Gasteiger partial charge in [0.25, 0.3) is 0 Å². The summed E-state index contributed by atoms with van der Waals surface area (Å²) in [5.41, 5.74) is 1.06. The maximum absolute atomic E-state index is 5.75. The van der Waals surface area contributed by atoms with Crippen molar-refractivity contribution in [2.24, 2.45) is 0 Å². The second-order valence-corrected chi connectivity index (χ2v) is 3.46. The van der Waals surface area contributed by atoms with Crippen LogP contribution in [0.4, 0.5) is 4.70 Å². The Bertz CT molecular complexity index is 431. The molecule has 3 heteroatoms. The van der Waals surface area contributed by atoms with Gasteiger partial charge in [0.15, 0.2) is 0 Å². The fourth-order valence-electron chi connectivity index (χ4n) is 1.32. The number of para-hydroxylation sites is 1. The molecule has 84 valence electrons. The van der Waals surface area contributed by atoms with E-state index >= 15 is 0 Å². The van der Waals surface area contributed by atoms with E-state index in [0.717, 1.165) is 17.1 Å². The van der Waals surface area contributed by atoms with Crippen LogP contribution in [0.3, 0.4) is 0 Å². The highest BCUT2D eigenvalue weighted by atomic mass is 35.5. The summed E-state index contributed by atoms with van der Waals surface area (Å²) in [6, 6.07) is 17.5. The van der Waals surface area contributed by atoms with E-state index in [2.05, 4.69) is 0 Å². The lowest BCUT2D eigenvalue weighted by molar-refractivity contribution is 0.482. The summed E-state index contributed by atoms with van der Waals surface area (Å²) in [4.78, 5) is 0. The fourth-order valence-corrected chi connectivity index (χ4v) is 1.48. The van der Waals surface area contributed by atoms with Crippen molar-refractivity contribution in [3.05, 3.63) is 60.2 Å². The van der Waals surface area contributed by atoms with Gasteiger partial charge in [0, 0.05) is 5.88 Å². The van der Waals surface area contributed by atoms with E-state index in [4.69, 9.17) is 16.3 Å². The van der Waals surface area contributed by atoms with Crippen molar-refractivity contribution in [1.82, 2.24) is 0 Å². The Morgan fingerprint density at radius 1 is 0.875 bits per heavy atom. The Morgan fingerprint density at radius 3 is 2.25 bits per heavy atom. The molecular weight excluding hydrogens is 227 g/mol. The Morgan fingerprint density at radius 2 is 1.56 bits per heavy atom. The number of benzene rings is 2. The Kier molecular flexibility index (Phi) is 4.80. The van der Waals surface area contributed by atoms with Crippen molar-refractivity contribution < 1.29 is 9.44 Å². The third-order valence-corrected chi connectivity index (χ3v) is 2.34. The summed E-state index contributed by atoms with van der Waals surface area (Å²) in [7, 11) is 0.